The van der Waals surface area contributed by atoms with Gasteiger partial charge in [-0.05, 0) is 25.1 Å². The maximum atomic E-state index is 13.2. The van der Waals surface area contributed by atoms with Crippen LogP contribution in [-0.4, -0.2) is 25.2 Å². The molecule has 0 spiro atoms. The SMILES string of the molecule is CN.N#CCOCCc1cc([N+](=O)[O-])ccc1F. The number of halogens is 1. The third kappa shape index (κ3) is 5.34. The lowest BCUT2D eigenvalue weighted by Gasteiger charge is -2.02. The zero-order valence-electron chi connectivity index (χ0n) is 9.93. The molecule has 6 nitrogen and oxygen atoms in total. The zero-order valence-corrected chi connectivity index (χ0v) is 9.93. The first-order chi connectivity index (χ1) is 8.65. The van der Waals surface area contributed by atoms with Gasteiger partial charge >= 0.3 is 0 Å². The van der Waals surface area contributed by atoms with Gasteiger partial charge in [0.05, 0.1) is 17.6 Å². The van der Waals surface area contributed by atoms with E-state index in [1.54, 1.807) is 6.07 Å². The summed E-state index contributed by atoms with van der Waals surface area (Å²) in [5, 5.41) is 18.6. The first-order valence-electron chi connectivity index (χ1n) is 5.10. The van der Waals surface area contributed by atoms with Crippen molar-refractivity contribution in [2.75, 3.05) is 20.3 Å². The van der Waals surface area contributed by atoms with Gasteiger partial charge < -0.3 is 10.5 Å². The van der Waals surface area contributed by atoms with Crippen LogP contribution in [0.2, 0.25) is 0 Å². The molecule has 18 heavy (non-hydrogen) atoms. The van der Waals surface area contributed by atoms with Crippen molar-refractivity contribution < 1.29 is 14.1 Å². The second-order valence-corrected chi connectivity index (χ2v) is 2.99. The summed E-state index contributed by atoms with van der Waals surface area (Å²) in [4.78, 5) is 9.87. The number of non-ortho nitro benzene ring substituents is 1. The molecule has 0 aliphatic carbocycles. The maximum Gasteiger partial charge on any atom is 0.269 e. The molecule has 1 rings (SSSR count). The topological polar surface area (TPSA) is 102 Å². The summed E-state index contributed by atoms with van der Waals surface area (Å²) in [5.74, 6) is -0.508. The number of nitrogens with two attached hydrogens (primary N) is 1. The Morgan fingerprint density at radius 3 is 2.78 bits per heavy atom. The van der Waals surface area contributed by atoms with E-state index in [1.165, 1.54) is 13.1 Å². The number of nitriles is 1. The molecular formula is C11H14FN3O3. The van der Waals surface area contributed by atoms with Crippen molar-refractivity contribution in [3.8, 4) is 6.07 Å². The van der Waals surface area contributed by atoms with Crippen molar-refractivity contribution in [2.24, 2.45) is 5.73 Å². The zero-order chi connectivity index (χ0) is 14.0. The third-order valence-electron chi connectivity index (χ3n) is 1.92. The predicted molar refractivity (Wildman–Crippen MR) is 63.3 cm³/mol. The molecule has 0 aromatic heterocycles. The monoisotopic (exact) mass is 255 g/mol. The standard InChI is InChI=1S/C10H9FN2O3.CH5N/c11-10-2-1-9(13(14)15)7-8(10)3-5-16-6-4-12;1-2/h1-2,7H,3,5-6H2;2H2,1H3. The van der Waals surface area contributed by atoms with Crippen molar-refractivity contribution in [1.29, 1.82) is 5.26 Å². The predicted octanol–water partition coefficient (Wildman–Crippen LogP) is 1.39. The van der Waals surface area contributed by atoms with Crippen LogP contribution in [0, 0.1) is 27.3 Å². The normalized spacial score (nSPS) is 9.00. The van der Waals surface area contributed by atoms with E-state index in [-0.39, 0.29) is 30.9 Å². The maximum absolute atomic E-state index is 13.2. The van der Waals surface area contributed by atoms with Gasteiger partial charge in [-0.25, -0.2) is 4.39 Å². The quantitative estimate of drug-likeness (QED) is 0.486. The fourth-order valence-electron chi connectivity index (χ4n) is 1.17. The molecule has 1 aromatic rings. The summed E-state index contributed by atoms with van der Waals surface area (Å²) in [5.41, 5.74) is 4.56. The van der Waals surface area contributed by atoms with Crippen LogP contribution in [0.1, 0.15) is 5.56 Å². The van der Waals surface area contributed by atoms with Gasteiger partial charge in [0, 0.05) is 12.1 Å². The first kappa shape index (κ1) is 16.0. The van der Waals surface area contributed by atoms with Crippen LogP contribution in [0.4, 0.5) is 10.1 Å². The van der Waals surface area contributed by atoms with Crippen LogP contribution in [0.15, 0.2) is 18.2 Å². The summed E-state index contributed by atoms with van der Waals surface area (Å²) < 4.78 is 18.0. The van der Waals surface area contributed by atoms with Crippen LogP contribution in [-0.2, 0) is 11.2 Å². The Morgan fingerprint density at radius 2 is 2.22 bits per heavy atom. The summed E-state index contributed by atoms with van der Waals surface area (Å²) in [7, 11) is 1.50. The lowest BCUT2D eigenvalue weighted by Crippen LogP contribution is -2.01. The molecule has 0 bridgehead atoms. The number of benzene rings is 1. The number of ether oxygens (including phenoxy) is 1. The van der Waals surface area contributed by atoms with E-state index in [9.17, 15) is 14.5 Å². The molecule has 0 aliphatic heterocycles. The Kier molecular flexibility index (Phi) is 8.01. The Labute approximate surface area is 104 Å². The van der Waals surface area contributed by atoms with Gasteiger partial charge in [-0.3, -0.25) is 10.1 Å². The Hall–Kier alpha value is -2.04. The minimum Gasteiger partial charge on any atom is -0.366 e. The number of hydrogen-bond donors (Lipinski definition) is 1. The molecule has 98 valence electrons. The van der Waals surface area contributed by atoms with Crippen LogP contribution in [0.3, 0.4) is 0 Å². The molecule has 2 N–H and O–H groups in total. The number of nitrogens with zero attached hydrogens (tertiary/aromatic N) is 2. The van der Waals surface area contributed by atoms with Gasteiger partial charge in [0.25, 0.3) is 5.69 Å². The average molecular weight is 255 g/mol. The highest BCUT2D eigenvalue weighted by Crippen LogP contribution is 2.17. The first-order valence-corrected chi connectivity index (χ1v) is 5.10. The fraction of sp³-hybridized carbons (Fsp3) is 0.364. The van der Waals surface area contributed by atoms with Gasteiger partial charge in [-0.1, -0.05) is 0 Å². The molecular weight excluding hydrogens is 241 g/mol. The molecule has 0 atom stereocenters. The van der Waals surface area contributed by atoms with Crippen molar-refractivity contribution in [3.05, 3.63) is 39.7 Å². The highest BCUT2D eigenvalue weighted by atomic mass is 19.1. The minimum absolute atomic E-state index is 0.0729. The Morgan fingerprint density at radius 1 is 1.56 bits per heavy atom. The van der Waals surface area contributed by atoms with E-state index >= 15 is 0 Å². The summed E-state index contributed by atoms with van der Waals surface area (Å²) >= 11 is 0. The largest absolute Gasteiger partial charge is 0.366 e. The van der Waals surface area contributed by atoms with Crippen molar-refractivity contribution in [1.82, 2.24) is 0 Å². The van der Waals surface area contributed by atoms with Gasteiger partial charge in [0.1, 0.15) is 12.4 Å². The van der Waals surface area contributed by atoms with E-state index in [2.05, 4.69) is 5.73 Å². The molecule has 0 radical (unpaired) electrons. The molecule has 1 aromatic carbocycles. The highest BCUT2D eigenvalue weighted by molar-refractivity contribution is 5.35. The van der Waals surface area contributed by atoms with Crippen LogP contribution < -0.4 is 5.73 Å². The molecule has 0 saturated carbocycles. The Bertz CT molecular complexity index is 432. The van der Waals surface area contributed by atoms with E-state index in [4.69, 9.17) is 10.00 Å². The summed E-state index contributed by atoms with van der Waals surface area (Å²) in [6, 6.07) is 5.11. The lowest BCUT2D eigenvalue weighted by molar-refractivity contribution is -0.385. The summed E-state index contributed by atoms with van der Waals surface area (Å²) in [6.07, 6.45) is 0.204. The van der Waals surface area contributed by atoms with Crippen LogP contribution in [0.5, 0.6) is 0 Å². The number of rotatable bonds is 5. The molecule has 0 aliphatic rings. The van der Waals surface area contributed by atoms with E-state index in [0.717, 1.165) is 12.1 Å². The van der Waals surface area contributed by atoms with Gasteiger partial charge in [0.2, 0.25) is 0 Å². The Balaban J connectivity index is 0.00000137. The van der Waals surface area contributed by atoms with E-state index in [0.29, 0.717) is 0 Å². The number of hydrogen-bond acceptors (Lipinski definition) is 5. The molecule has 0 heterocycles. The third-order valence-corrected chi connectivity index (χ3v) is 1.92. The lowest BCUT2D eigenvalue weighted by atomic mass is 10.1. The van der Waals surface area contributed by atoms with Crippen molar-refractivity contribution in [2.45, 2.75) is 6.42 Å². The highest BCUT2D eigenvalue weighted by Gasteiger charge is 2.10. The number of nitro groups is 1. The summed E-state index contributed by atoms with van der Waals surface area (Å²) in [6.45, 7) is 0.0855. The van der Waals surface area contributed by atoms with Gasteiger partial charge in [-0.15, -0.1) is 0 Å². The van der Waals surface area contributed by atoms with Crippen LogP contribution in [0.25, 0.3) is 0 Å². The second-order valence-electron chi connectivity index (χ2n) is 2.99. The van der Waals surface area contributed by atoms with Crippen LogP contribution >= 0.6 is 0 Å². The van der Waals surface area contributed by atoms with Crippen molar-refractivity contribution >= 4 is 5.69 Å². The molecule has 7 heteroatoms. The molecule has 0 saturated heterocycles. The van der Waals surface area contributed by atoms with E-state index in [1.807, 2.05) is 0 Å². The van der Waals surface area contributed by atoms with Gasteiger partial charge in [-0.2, -0.15) is 5.26 Å². The minimum atomic E-state index is -0.584. The second kappa shape index (κ2) is 9.04. The molecule has 0 amide bonds. The average Bonchev–Trinajstić information content (AvgIpc) is 2.38. The fourth-order valence-corrected chi connectivity index (χ4v) is 1.17. The van der Waals surface area contributed by atoms with Gasteiger partial charge in [0.15, 0.2) is 0 Å². The molecule has 0 fully saturated rings. The number of nitro benzene ring substituents is 1. The smallest absolute Gasteiger partial charge is 0.269 e. The van der Waals surface area contributed by atoms with Crippen molar-refractivity contribution in [3.63, 3.8) is 0 Å². The van der Waals surface area contributed by atoms with E-state index < -0.39 is 10.7 Å². The molecule has 0 unspecified atom stereocenters.